The summed E-state index contributed by atoms with van der Waals surface area (Å²) in [5.41, 5.74) is 1.23. The number of rotatable bonds is 3. The Hall–Kier alpha value is -1.55. The number of benzene rings is 1. The van der Waals surface area contributed by atoms with Gasteiger partial charge in [0.15, 0.2) is 0 Å². The quantitative estimate of drug-likeness (QED) is 0.869. The van der Waals surface area contributed by atoms with Crippen LogP contribution in [0, 0.1) is 0 Å². The standard InChI is InChI=1S/C14H20N2O2/c1-11(17)16-7-6-15-13(10-16)8-12-4-3-5-14(9-12)18-2/h3-5,9,13,15H,6-8,10H2,1-2H3. The number of methoxy groups -OCH3 is 1. The van der Waals surface area contributed by atoms with Gasteiger partial charge in [-0.05, 0) is 24.1 Å². The van der Waals surface area contributed by atoms with Crippen molar-refractivity contribution in [3.05, 3.63) is 29.8 Å². The maximum atomic E-state index is 11.4. The number of piperazine rings is 1. The largest absolute Gasteiger partial charge is 0.497 e. The van der Waals surface area contributed by atoms with Gasteiger partial charge < -0.3 is 15.0 Å². The molecule has 1 aromatic rings. The summed E-state index contributed by atoms with van der Waals surface area (Å²) in [7, 11) is 1.68. The molecule has 1 aromatic carbocycles. The normalized spacial score (nSPS) is 19.7. The van der Waals surface area contributed by atoms with Crippen LogP contribution in [-0.4, -0.2) is 43.6 Å². The third-order valence-electron chi connectivity index (χ3n) is 3.32. The fourth-order valence-corrected chi connectivity index (χ4v) is 2.33. The highest BCUT2D eigenvalue weighted by molar-refractivity contribution is 5.73. The lowest BCUT2D eigenvalue weighted by atomic mass is 10.0. The molecule has 0 aliphatic carbocycles. The maximum Gasteiger partial charge on any atom is 0.219 e. The lowest BCUT2D eigenvalue weighted by molar-refractivity contribution is -0.130. The van der Waals surface area contributed by atoms with Crippen LogP contribution < -0.4 is 10.1 Å². The predicted octanol–water partition coefficient (Wildman–Crippen LogP) is 1.06. The third-order valence-corrected chi connectivity index (χ3v) is 3.32. The summed E-state index contributed by atoms with van der Waals surface area (Å²) in [5, 5.41) is 3.46. The van der Waals surface area contributed by atoms with E-state index in [1.165, 1.54) is 5.56 Å². The molecule has 0 radical (unpaired) electrons. The Morgan fingerprint density at radius 1 is 1.56 bits per heavy atom. The van der Waals surface area contributed by atoms with Crippen molar-refractivity contribution < 1.29 is 9.53 Å². The van der Waals surface area contributed by atoms with E-state index in [2.05, 4.69) is 11.4 Å². The van der Waals surface area contributed by atoms with Gasteiger partial charge in [0, 0.05) is 32.6 Å². The van der Waals surface area contributed by atoms with Crippen molar-refractivity contribution in [2.75, 3.05) is 26.7 Å². The zero-order valence-corrected chi connectivity index (χ0v) is 11.0. The molecule has 0 bridgehead atoms. The molecule has 0 aromatic heterocycles. The fourth-order valence-electron chi connectivity index (χ4n) is 2.33. The SMILES string of the molecule is COc1cccc(CC2CN(C(C)=O)CCN2)c1. The van der Waals surface area contributed by atoms with Crippen molar-refractivity contribution in [1.82, 2.24) is 10.2 Å². The van der Waals surface area contributed by atoms with Crippen LogP contribution in [0.5, 0.6) is 5.75 Å². The maximum absolute atomic E-state index is 11.4. The molecule has 98 valence electrons. The Kier molecular flexibility index (Phi) is 4.20. The molecule has 1 fully saturated rings. The van der Waals surface area contributed by atoms with Crippen LogP contribution in [0.2, 0.25) is 0 Å². The average Bonchev–Trinajstić information content (AvgIpc) is 2.39. The van der Waals surface area contributed by atoms with Crippen LogP contribution in [0.3, 0.4) is 0 Å². The van der Waals surface area contributed by atoms with Crippen LogP contribution in [-0.2, 0) is 11.2 Å². The first-order chi connectivity index (χ1) is 8.69. The van der Waals surface area contributed by atoms with E-state index in [1.54, 1.807) is 14.0 Å². The molecule has 2 rings (SSSR count). The van der Waals surface area contributed by atoms with Gasteiger partial charge >= 0.3 is 0 Å². The number of amides is 1. The average molecular weight is 248 g/mol. The molecule has 1 unspecified atom stereocenters. The molecular weight excluding hydrogens is 228 g/mol. The van der Waals surface area contributed by atoms with Crippen molar-refractivity contribution in [3.8, 4) is 5.75 Å². The molecule has 1 amide bonds. The molecule has 4 nitrogen and oxygen atoms in total. The minimum Gasteiger partial charge on any atom is -0.497 e. The first-order valence-corrected chi connectivity index (χ1v) is 6.31. The first-order valence-electron chi connectivity index (χ1n) is 6.31. The van der Waals surface area contributed by atoms with Gasteiger partial charge in [-0.3, -0.25) is 4.79 Å². The molecule has 1 aliphatic rings. The van der Waals surface area contributed by atoms with Crippen molar-refractivity contribution in [3.63, 3.8) is 0 Å². The molecule has 0 saturated carbocycles. The van der Waals surface area contributed by atoms with Gasteiger partial charge in [-0.25, -0.2) is 0 Å². The number of nitrogens with zero attached hydrogens (tertiary/aromatic N) is 1. The molecule has 1 atom stereocenters. The van der Waals surface area contributed by atoms with Gasteiger partial charge in [-0.2, -0.15) is 0 Å². The van der Waals surface area contributed by atoms with Crippen LogP contribution in [0.1, 0.15) is 12.5 Å². The Morgan fingerprint density at radius 2 is 2.39 bits per heavy atom. The summed E-state index contributed by atoms with van der Waals surface area (Å²) in [6.45, 7) is 4.10. The van der Waals surface area contributed by atoms with E-state index in [1.807, 2.05) is 23.1 Å². The topological polar surface area (TPSA) is 41.6 Å². The number of ether oxygens (including phenoxy) is 1. The fraction of sp³-hybridized carbons (Fsp3) is 0.500. The van der Waals surface area contributed by atoms with Gasteiger partial charge in [-0.1, -0.05) is 12.1 Å². The number of carbonyl (C=O) groups excluding carboxylic acids is 1. The summed E-state index contributed by atoms with van der Waals surface area (Å²) in [6, 6.07) is 8.42. The number of hydrogen-bond donors (Lipinski definition) is 1. The van der Waals surface area contributed by atoms with Crippen LogP contribution in [0.25, 0.3) is 0 Å². The van der Waals surface area contributed by atoms with Gasteiger partial charge in [0.05, 0.1) is 7.11 Å². The number of hydrogen-bond acceptors (Lipinski definition) is 3. The highest BCUT2D eigenvalue weighted by atomic mass is 16.5. The summed E-state index contributed by atoms with van der Waals surface area (Å²) < 4.78 is 5.22. The molecule has 0 spiro atoms. The van der Waals surface area contributed by atoms with E-state index < -0.39 is 0 Å². The van der Waals surface area contributed by atoms with E-state index in [0.717, 1.165) is 31.8 Å². The first kappa shape index (κ1) is 12.9. The Balaban J connectivity index is 1.97. The zero-order chi connectivity index (χ0) is 13.0. The van der Waals surface area contributed by atoms with Crippen LogP contribution in [0.4, 0.5) is 0 Å². The van der Waals surface area contributed by atoms with E-state index in [4.69, 9.17) is 4.74 Å². The monoisotopic (exact) mass is 248 g/mol. The smallest absolute Gasteiger partial charge is 0.219 e. The van der Waals surface area contributed by atoms with E-state index >= 15 is 0 Å². The molecular formula is C14H20N2O2. The predicted molar refractivity (Wildman–Crippen MR) is 70.7 cm³/mol. The summed E-state index contributed by atoms with van der Waals surface area (Å²) >= 11 is 0. The molecule has 4 heteroatoms. The Morgan fingerprint density at radius 3 is 3.11 bits per heavy atom. The van der Waals surface area contributed by atoms with E-state index in [9.17, 15) is 4.79 Å². The number of nitrogens with one attached hydrogen (secondary N) is 1. The summed E-state index contributed by atoms with van der Waals surface area (Å²) in [4.78, 5) is 13.3. The van der Waals surface area contributed by atoms with Crippen molar-refractivity contribution >= 4 is 5.91 Å². The van der Waals surface area contributed by atoms with Crippen LogP contribution >= 0.6 is 0 Å². The molecule has 1 aliphatic heterocycles. The second-order valence-electron chi connectivity index (χ2n) is 4.67. The lowest BCUT2D eigenvalue weighted by Gasteiger charge is -2.33. The van der Waals surface area contributed by atoms with Crippen molar-refractivity contribution in [1.29, 1.82) is 0 Å². The second kappa shape index (κ2) is 5.87. The lowest BCUT2D eigenvalue weighted by Crippen LogP contribution is -2.52. The molecule has 18 heavy (non-hydrogen) atoms. The van der Waals surface area contributed by atoms with Gasteiger partial charge in [0.2, 0.25) is 5.91 Å². The molecule has 1 saturated heterocycles. The molecule has 1 N–H and O–H groups in total. The van der Waals surface area contributed by atoms with Crippen molar-refractivity contribution in [2.45, 2.75) is 19.4 Å². The van der Waals surface area contributed by atoms with E-state index in [-0.39, 0.29) is 5.91 Å². The summed E-state index contributed by atoms with van der Waals surface area (Å²) in [6.07, 6.45) is 0.918. The zero-order valence-electron chi connectivity index (χ0n) is 11.0. The minimum atomic E-state index is 0.159. The third kappa shape index (κ3) is 3.23. The van der Waals surface area contributed by atoms with Gasteiger partial charge in [-0.15, -0.1) is 0 Å². The summed E-state index contributed by atoms with van der Waals surface area (Å²) in [5.74, 6) is 1.04. The molecule has 1 heterocycles. The highest BCUT2D eigenvalue weighted by Crippen LogP contribution is 2.15. The van der Waals surface area contributed by atoms with Crippen molar-refractivity contribution in [2.24, 2.45) is 0 Å². The second-order valence-corrected chi connectivity index (χ2v) is 4.67. The highest BCUT2D eigenvalue weighted by Gasteiger charge is 2.20. The van der Waals surface area contributed by atoms with Gasteiger partial charge in [0.25, 0.3) is 0 Å². The van der Waals surface area contributed by atoms with E-state index in [0.29, 0.717) is 6.04 Å². The van der Waals surface area contributed by atoms with Gasteiger partial charge in [0.1, 0.15) is 5.75 Å². The minimum absolute atomic E-state index is 0.159. The Bertz CT molecular complexity index is 420. The number of carbonyl (C=O) groups is 1. The Labute approximate surface area is 108 Å². The van der Waals surface area contributed by atoms with Crippen LogP contribution in [0.15, 0.2) is 24.3 Å².